The van der Waals surface area contributed by atoms with Gasteiger partial charge in [0.2, 0.25) is 0 Å². The number of aliphatic hydroxyl groups excluding tert-OH is 1. The van der Waals surface area contributed by atoms with Crippen molar-refractivity contribution in [2.75, 3.05) is 13.2 Å². The summed E-state index contributed by atoms with van der Waals surface area (Å²) in [7, 11) is 0. The van der Waals surface area contributed by atoms with Crippen LogP contribution in [-0.2, 0) is 4.79 Å². The molecule has 0 aromatic carbocycles. The number of carbonyl (C=O) groups is 2. The minimum atomic E-state index is -0.927. The largest absolute Gasteiger partial charge is 0.481 e. The number of carboxylic acids is 1. The van der Waals surface area contributed by atoms with Crippen molar-refractivity contribution in [1.29, 1.82) is 0 Å². The minimum absolute atomic E-state index is 0.0766. The third-order valence-electron chi connectivity index (χ3n) is 4.11. The summed E-state index contributed by atoms with van der Waals surface area (Å²) in [5, 5.41) is 20.8. The zero-order chi connectivity index (χ0) is 15.1. The summed E-state index contributed by atoms with van der Waals surface area (Å²) in [5.41, 5.74) is 0. The first-order valence-corrected chi connectivity index (χ1v) is 7.38. The van der Waals surface area contributed by atoms with E-state index in [1.807, 2.05) is 0 Å². The standard InChI is InChI=1S/C14H26N2O4/c1-10(13(18)19)11(2)15-14(20)16(8-9-17)12-6-4-3-5-7-12/h10-12,17H,3-9H2,1-2H3,(H,15,20)(H,18,19). The van der Waals surface area contributed by atoms with Crippen molar-refractivity contribution in [3.8, 4) is 0 Å². The lowest BCUT2D eigenvalue weighted by molar-refractivity contribution is -0.141. The van der Waals surface area contributed by atoms with Gasteiger partial charge in [0.1, 0.15) is 0 Å². The zero-order valence-corrected chi connectivity index (χ0v) is 12.3. The van der Waals surface area contributed by atoms with Gasteiger partial charge < -0.3 is 20.4 Å². The summed E-state index contributed by atoms with van der Waals surface area (Å²) in [4.78, 5) is 24.9. The number of hydrogen-bond donors (Lipinski definition) is 3. The Labute approximate surface area is 120 Å². The Morgan fingerprint density at radius 1 is 1.25 bits per heavy atom. The van der Waals surface area contributed by atoms with Crippen LogP contribution in [0.25, 0.3) is 0 Å². The van der Waals surface area contributed by atoms with Crippen LogP contribution >= 0.6 is 0 Å². The summed E-state index contributed by atoms with van der Waals surface area (Å²) in [5.74, 6) is -1.56. The first-order valence-electron chi connectivity index (χ1n) is 7.38. The molecule has 1 fully saturated rings. The van der Waals surface area contributed by atoms with Gasteiger partial charge in [0.25, 0.3) is 0 Å². The van der Waals surface area contributed by atoms with E-state index in [4.69, 9.17) is 10.2 Å². The van der Waals surface area contributed by atoms with E-state index >= 15 is 0 Å². The molecular formula is C14H26N2O4. The van der Waals surface area contributed by atoms with Crippen LogP contribution in [0.3, 0.4) is 0 Å². The molecule has 6 heteroatoms. The van der Waals surface area contributed by atoms with Gasteiger partial charge in [-0.1, -0.05) is 19.3 Å². The molecule has 2 atom stereocenters. The first kappa shape index (κ1) is 16.8. The Morgan fingerprint density at radius 2 is 1.85 bits per heavy atom. The maximum Gasteiger partial charge on any atom is 0.317 e. The number of aliphatic carboxylic acids is 1. The Kier molecular flexibility index (Phi) is 6.78. The molecule has 20 heavy (non-hydrogen) atoms. The molecule has 0 aliphatic heterocycles. The highest BCUT2D eigenvalue weighted by Gasteiger charge is 2.28. The lowest BCUT2D eigenvalue weighted by atomic mass is 9.94. The quantitative estimate of drug-likeness (QED) is 0.689. The fraction of sp³-hybridized carbons (Fsp3) is 0.857. The molecule has 1 rings (SSSR count). The van der Waals surface area contributed by atoms with Crippen molar-refractivity contribution in [2.24, 2.45) is 5.92 Å². The van der Waals surface area contributed by atoms with Crippen LogP contribution in [0, 0.1) is 5.92 Å². The van der Waals surface area contributed by atoms with Crippen LogP contribution in [0.5, 0.6) is 0 Å². The number of hydrogen-bond acceptors (Lipinski definition) is 3. The van der Waals surface area contributed by atoms with Crippen LogP contribution in [0.4, 0.5) is 4.79 Å². The van der Waals surface area contributed by atoms with E-state index in [2.05, 4.69) is 5.32 Å². The average Bonchev–Trinajstić information content (AvgIpc) is 2.44. The Bertz CT molecular complexity index is 329. The molecule has 0 heterocycles. The van der Waals surface area contributed by atoms with Gasteiger partial charge in [-0.2, -0.15) is 0 Å². The Balaban J connectivity index is 2.61. The molecule has 0 spiro atoms. The van der Waals surface area contributed by atoms with Gasteiger partial charge in [-0.25, -0.2) is 4.79 Å². The predicted octanol–water partition coefficient (Wildman–Crippen LogP) is 1.43. The van der Waals surface area contributed by atoms with Gasteiger partial charge >= 0.3 is 12.0 Å². The second-order valence-corrected chi connectivity index (χ2v) is 5.57. The van der Waals surface area contributed by atoms with E-state index in [0.717, 1.165) is 25.7 Å². The molecule has 3 N–H and O–H groups in total. The maximum atomic E-state index is 12.3. The fourth-order valence-electron chi connectivity index (χ4n) is 2.57. The number of carboxylic acid groups (broad SMARTS) is 1. The third-order valence-corrected chi connectivity index (χ3v) is 4.11. The third kappa shape index (κ3) is 4.67. The summed E-state index contributed by atoms with van der Waals surface area (Å²) in [6.07, 6.45) is 5.30. The van der Waals surface area contributed by atoms with Gasteiger partial charge in [-0.15, -0.1) is 0 Å². The molecular weight excluding hydrogens is 260 g/mol. The fourth-order valence-corrected chi connectivity index (χ4v) is 2.57. The van der Waals surface area contributed by atoms with E-state index in [0.29, 0.717) is 6.54 Å². The van der Waals surface area contributed by atoms with Gasteiger partial charge in [0, 0.05) is 18.6 Å². The van der Waals surface area contributed by atoms with Crippen molar-refractivity contribution >= 4 is 12.0 Å². The Hall–Kier alpha value is -1.30. The van der Waals surface area contributed by atoms with Crippen molar-refractivity contribution in [1.82, 2.24) is 10.2 Å². The van der Waals surface area contributed by atoms with E-state index in [1.165, 1.54) is 6.42 Å². The summed E-state index contributed by atoms with van der Waals surface area (Å²) in [6.45, 7) is 3.48. The van der Waals surface area contributed by atoms with Crippen molar-refractivity contribution < 1.29 is 19.8 Å². The monoisotopic (exact) mass is 286 g/mol. The molecule has 116 valence electrons. The minimum Gasteiger partial charge on any atom is -0.481 e. The second kappa shape index (κ2) is 8.09. The summed E-state index contributed by atoms with van der Waals surface area (Å²) in [6, 6.07) is -0.556. The van der Waals surface area contributed by atoms with E-state index in [9.17, 15) is 9.59 Å². The first-order chi connectivity index (χ1) is 9.47. The molecule has 1 aliphatic rings. The number of carbonyl (C=O) groups excluding carboxylic acids is 1. The summed E-state index contributed by atoms with van der Waals surface area (Å²) < 4.78 is 0. The van der Waals surface area contributed by atoms with Crippen molar-refractivity contribution in [3.05, 3.63) is 0 Å². The molecule has 2 unspecified atom stereocenters. The molecule has 6 nitrogen and oxygen atoms in total. The smallest absolute Gasteiger partial charge is 0.317 e. The maximum absolute atomic E-state index is 12.3. The molecule has 0 aromatic rings. The molecule has 2 amide bonds. The van der Waals surface area contributed by atoms with E-state index < -0.39 is 17.9 Å². The van der Waals surface area contributed by atoms with E-state index in [1.54, 1.807) is 18.7 Å². The lowest BCUT2D eigenvalue weighted by Gasteiger charge is -2.35. The van der Waals surface area contributed by atoms with Crippen molar-refractivity contribution in [3.63, 3.8) is 0 Å². The highest BCUT2D eigenvalue weighted by molar-refractivity contribution is 5.77. The second-order valence-electron chi connectivity index (χ2n) is 5.57. The SMILES string of the molecule is CC(NC(=O)N(CCO)C1CCCCC1)C(C)C(=O)O. The average molecular weight is 286 g/mol. The zero-order valence-electron chi connectivity index (χ0n) is 12.3. The molecule has 0 saturated heterocycles. The van der Waals surface area contributed by atoms with Crippen LogP contribution in [-0.4, -0.2) is 52.3 Å². The number of urea groups is 1. The number of rotatable bonds is 6. The molecule has 0 radical (unpaired) electrons. The van der Waals surface area contributed by atoms with Gasteiger partial charge in [0.05, 0.1) is 12.5 Å². The van der Waals surface area contributed by atoms with Gasteiger partial charge in [-0.05, 0) is 26.7 Å². The topological polar surface area (TPSA) is 89.9 Å². The van der Waals surface area contributed by atoms with E-state index in [-0.39, 0.29) is 18.7 Å². The van der Waals surface area contributed by atoms with Gasteiger partial charge in [0.15, 0.2) is 0 Å². The van der Waals surface area contributed by atoms with Crippen LogP contribution < -0.4 is 5.32 Å². The van der Waals surface area contributed by atoms with Crippen molar-refractivity contribution in [2.45, 2.75) is 58.0 Å². The number of nitrogens with one attached hydrogen (secondary N) is 1. The van der Waals surface area contributed by atoms with Crippen LogP contribution in [0.2, 0.25) is 0 Å². The summed E-state index contributed by atoms with van der Waals surface area (Å²) >= 11 is 0. The Morgan fingerprint density at radius 3 is 2.35 bits per heavy atom. The van der Waals surface area contributed by atoms with Crippen LogP contribution in [0.1, 0.15) is 46.0 Å². The lowest BCUT2D eigenvalue weighted by Crippen LogP contribution is -2.52. The normalized spacial score (nSPS) is 19.1. The van der Waals surface area contributed by atoms with Gasteiger partial charge in [-0.3, -0.25) is 4.79 Å². The number of nitrogens with zero attached hydrogens (tertiary/aromatic N) is 1. The molecule has 1 aliphatic carbocycles. The molecule has 1 saturated carbocycles. The number of aliphatic hydroxyl groups is 1. The molecule has 0 aromatic heterocycles. The highest BCUT2D eigenvalue weighted by atomic mass is 16.4. The van der Waals surface area contributed by atoms with Crippen LogP contribution in [0.15, 0.2) is 0 Å². The predicted molar refractivity (Wildman–Crippen MR) is 75.5 cm³/mol. The highest BCUT2D eigenvalue weighted by Crippen LogP contribution is 2.22. The molecule has 0 bridgehead atoms. The number of amides is 2.